The molecule has 0 saturated carbocycles. The lowest BCUT2D eigenvalue weighted by Gasteiger charge is -2.07. The molecule has 1 amide bonds. The second-order valence-corrected chi connectivity index (χ2v) is 4.66. The highest BCUT2D eigenvalue weighted by Gasteiger charge is 2.01. The Kier molecular flexibility index (Phi) is 4.55. The van der Waals surface area contributed by atoms with Gasteiger partial charge in [0.1, 0.15) is 0 Å². The van der Waals surface area contributed by atoms with Crippen LogP contribution in [0.15, 0.2) is 48.5 Å². The average Bonchev–Trinajstić information content (AvgIpc) is 2.41. The summed E-state index contributed by atoms with van der Waals surface area (Å²) in [7, 11) is 0. The summed E-state index contributed by atoms with van der Waals surface area (Å²) in [6.07, 6.45) is 0. The van der Waals surface area contributed by atoms with Crippen molar-refractivity contribution in [2.24, 2.45) is 5.73 Å². The van der Waals surface area contributed by atoms with Gasteiger partial charge in [-0.2, -0.15) is 0 Å². The quantitative estimate of drug-likeness (QED) is 0.881. The van der Waals surface area contributed by atoms with Crippen LogP contribution in [-0.4, -0.2) is 5.91 Å². The van der Waals surface area contributed by atoms with Gasteiger partial charge in [-0.25, -0.2) is 0 Å². The molecule has 98 valence electrons. The minimum absolute atomic E-state index is 0.407. The largest absolute Gasteiger partial charge is 0.366 e. The molecule has 19 heavy (non-hydrogen) atoms. The Bertz CT molecular complexity index is 567. The zero-order valence-electron chi connectivity index (χ0n) is 10.4. The lowest BCUT2D eigenvalue weighted by molar-refractivity contribution is 0.100. The topological polar surface area (TPSA) is 55.1 Å². The van der Waals surface area contributed by atoms with Crippen molar-refractivity contribution in [2.75, 3.05) is 0 Å². The number of nitrogens with two attached hydrogens (primary N) is 1. The zero-order valence-corrected chi connectivity index (χ0v) is 11.2. The zero-order chi connectivity index (χ0) is 13.7. The maximum atomic E-state index is 10.9. The molecule has 0 atom stereocenters. The molecular weight excluding hydrogens is 260 g/mol. The van der Waals surface area contributed by atoms with Crippen molar-refractivity contribution < 1.29 is 4.79 Å². The molecule has 3 N–H and O–H groups in total. The van der Waals surface area contributed by atoms with Crippen LogP contribution in [0.3, 0.4) is 0 Å². The third kappa shape index (κ3) is 3.81. The van der Waals surface area contributed by atoms with Gasteiger partial charge in [0.05, 0.1) is 0 Å². The molecule has 0 aliphatic rings. The summed E-state index contributed by atoms with van der Waals surface area (Å²) >= 11 is 6.07. The van der Waals surface area contributed by atoms with Crippen molar-refractivity contribution >= 4 is 17.5 Å². The number of benzene rings is 2. The van der Waals surface area contributed by atoms with E-state index >= 15 is 0 Å². The molecule has 0 heterocycles. The normalized spacial score (nSPS) is 10.4. The number of carbonyl (C=O) groups is 1. The molecule has 0 saturated heterocycles. The minimum Gasteiger partial charge on any atom is -0.366 e. The van der Waals surface area contributed by atoms with Gasteiger partial charge in [0.2, 0.25) is 5.91 Å². The number of rotatable bonds is 5. The minimum atomic E-state index is -0.407. The van der Waals surface area contributed by atoms with Gasteiger partial charge < -0.3 is 11.1 Å². The summed E-state index contributed by atoms with van der Waals surface area (Å²) in [6, 6.07) is 15.0. The maximum absolute atomic E-state index is 10.9. The predicted octanol–water partition coefficient (Wildman–Crippen LogP) is 2.73. The third-order valence-electron chi connectivity index (χ3n) is 2.84. The molecule has 0 aliphatic heterocycles. The molecule has 0 spiro atoms. The fourth-order valence-electron chi connectivity index (χ4n) is 1.77. The van der Waals surface area contributed by atoms with Crippen LogP contribution >= 0.6 is 11.6 Å². The van der Waals surface area contributed by atoms with Crippen molar-refractivity contribution in [2.45, 2.75) is 13.1 Å². The number of hydrogen-bond donors (Lipinski definition) is 2. The van der Waals surface area contributed by atoms with Crippen LogP contribution in [0.2, 0.25) is 5.02 Å². The molecule has 2 aromatic rings. The Morgan fingerprint density at radius 2 is 1.74 bits per heavy atom. The Labute approximate surface area is 117 Å². The van der Waals surface area contributed by atoms with Gasteiger partial charge in [-0.05, 0) is 29.3 Å². The van der Waals surface area contributed by atoms with Crippen LogP contribution < -0.4 is 11.1 Å². The summed E-state index contributed by atoms with van der Waals surface area (Å²) in [5.41, 5.74) is 7.87. The number of hydrogen-bond acceptors (Lipinski definition) is 2. The number of primary amides is 1. The van der Waals surface area contributed by atoms with Crippen LogP contribution in [0.4, 0.5) is 0 Å². The highest BCUT2D eigenvalue weighted by atomic mass is 35.5. The first-order valence-corrected chi connectivity index (χ1v) is 6.37. The summed E-state index contributed by atoms with van der Waals surface area (Å²) < 4.78 is 0. The van der Waals surface area contributed by atoms with E-state index in [4.69, 9.17) is 17.3 Å². The molecule has 0 unspecified atom stereocenters. The third-order valence-corrected chi connectivity index (χ3v) is 3.21. The molecule has 2 aromatic carbocycles. The molecule has 0 aliphatic carbocycles. The lowest BCUT2D eigenvalue weighted by atomic mass is 10.1. The molecule has 2 rings (SSSR count). The van der Waals surface area contributed by atoms with Crippen molar-refractivity contribution in [3.05, 3.63) is 70.2 Å². The van der Waals surface area contributed by atoms with Crippen molar-refractivity contribution in [3.8, 4) is 0 Å². The number of nitrogens with one attached hydrogen (secondary N) is 1. The van der Waals surface area contributed by atoms with Gasteiger partial charge in [0.15, 0.2) is 0 Å². The first kappa shape index (κ1) is 13.6. The summed E-state index contributed by atoms with van der Waals surface area (Å²) in [5, 5.41) is 4.07. The Hall–Kier alpha value is -1.84. The van der Waals surface area contributed by atoms with E-state index in [1.54, 1.807) is 12.1 Å². The highest BCUT2D eigenvalue weighted by Crippen LogP contribution is 2.14. The predicted molar refractivity (Wildman–Crippen MR) is 77.0 cm³/mol. The van der Waals surface area contributed by atoms with E-state index in [-0.39, 0.29) is 0 Å². The van der Waals surface area contributed by atoms with Gasteiger partial charge >= 0.3 is 0 Å². The van der Waals surface area contributed by atoms with Crippen molar-refractivity contribution in [1.82, 2.24) is 5.32 Å². The molecule has 0 aromatic heterocycles. The van der Waals surface area contributed by atoms with Crippen molar-refractivity contribution in [3.63, 3.8) is 0 Å². The van der Waals surface area contributed by atoms with Crippen LogP contribution in [0.5, 0.6) is 0 Å². The van der Waals surface area contributed by atoms with E-state index in [2.05, 4.69) is 5.32 Å². The second-order valence-electron chi connectivity index (χ2n) is 4.26. The molecule has 0 fully saturated rings. The van der Waals surface area contributed by atoms with Gasteiger partial charge in [-0.1, -0.05) is 41.9 Å². The average molecular weight is 275 g/mol. The Balaban J connectivity index is 1.89. The van der Waals surface area contributed by atoms with Gasteiger partial charge in [-0.3, -0.25) is 4.79 Å². The van der Waals surface area contributed by atoms with Crippen LogP contribution in [0.25, 0.3) is 0 Å². The SMILES string of the molecule is NC(=O)c1ccc(CNCc2ccccc2Cl)cc1. The number of halogens is 1. The summed E-state index contributed by atoms with van der Waals surface area (Å²) in [4.78, 5) is 10.9. The van der Waals surface area contributed by atoms with Gasteiger partial charge in [-0.15, -0.1) is 0 Å². The summed E-state index contributed by atoms with van der Waals surface area (Å²) in [6.45, 7) is 1.42. The standard InChI is InChI=1S/C15H15ClN2O/c16-14-4-2-1-3-13(14)10-18-9-11-5-7-12(8-6-11)15(17)19/h1-8,18H,9-10H2,(H2,17,19). The molecule has 3 nitrogen and oxygen atoms in total. The number of amides is 1. The molecular formula is C15H15ClN2O. The first-order valence-electron chi connectivity index (χ1n) is 5.99. The fraction of sp³-hybridized carbons (Fsp3) is 0.133. The first-order chi connectivity index (χ1) is 9.16. The van der Waals surface area contributed by atoms with E-state index in [0.717, 1.165) is 16.1 Å². The summed E-state index contributed by atoms with van der Waals surface area (Å²) in [5.74, 6) is -0.407. The van der Waals surface area contributed by atoms with E-state index < -0.39 is 5.91 Å². The van der Waals surface area contributed by atoms with Gasteiger partial charge in [0, 0.05) is 23.7 Å². The maximum Gasteiger partial charge on any atom is 0.248 e. The monoisotopic (exact) mass is 274 g/mol. The fourth-order valence-corrected chi connectivity index (χ4v) is 1.97. The van der Waals surface area contributed by atoms with E-state index in [9.17, 15) is 4.79 Å². The molecule has 0 bridgehead atoms. The number of carbonyl (C=O) groups excluding carboxylic acids is 1. The highest BCUT2D eigenvalue weighted by molar-refractivity contribution is 6.31. The Morgan fingerprint density at radius 1 is 1.05 bits per heavy atom. The van der Waals surface area contributed by atoms with E-state index in [1.807, 2.05) is 36.4 Å². The Morgan fingerprint density at radius 3 is 2.37 bits per heavy atom. The molecule has 4 heteroatoms. The van der Waals surface area contributed by atoms with Gasteiger partial charge in [0.25, 0.3) is 0 Å². The van der Waals surface area contributed by atoms with Crippen LogP contribution in [0.1, 0.15) is 21.5 Å². The van der Waals surface area contributed by atoms with E-state index in [0.29, 0.717) is 18.7 Å². The van der Waals surface area contributed by atoms with Crippen LogP contribution in [-0.2, 0) is 13.1 Å². The molecule has 0 radical (unpaired) electrons. The van der Waals surface area contributed by atoms with Crippen LogP contribution in [0, 0.1) is 0 Å². The van der Waals surface area contributed by atoms with E-state index in [1.165, 1.54) is 0 Å². The van der Waals surface area contributed by atoms with Crippen molar-refractivity contribution in [1.29, 1.82) is 0 Å². The second kappa shape index (κ2) is 6.36. The smallest absolute Gasteiger partial charge is 0.248 e. The lowest BCUT2D eigenvalue weighted by Crippen LogP contribution is -2.14.